The lowest BCUT2D eigenvalue weighted by atomic mass is 10.2. The van der Waals surface area contributed by atoms with Gasteiger partial charge < -0.3 is 10.1 Å². The van der Waals surface area contributed by atoms with Crippen molar-refractivity contribution >= 4 is 22.5 Å². The van der Waals surface area contributed by atoms with Crippen LogP contribution in [0, 0.1) is 6.92 Å². The number of aromatic hydroxyl groups is 1. The van der Waals surface area contributed by atoms with Crippen LogP contribution < -0.4 is 11.0 Å². The van der Waals surface area contributed by atoms with Gasteiger partial charge in [-0.1, -0.05) is 11.6 Å². The third-order valence-electron chi connectivity index (χ3n) is 2.39. The molecule has 0 fully saturated rings. The van der Waals surface area contributed by atoms with Crippen LogP contribution in [0.2, 0.25) is 5.02 Å². The molecule has 4 nitrogen and oxygen atoms in total. The van der Waals surface area contributed by atoms with Crippen molar-refractivity contribution in [3.8, 4) is 5.75 Å². The highest BCUT2D eigenvalue weighted by molar-refractivity contribution is 6.31. The summed E-state index contributed by atoms with van der Waals surface area (Å²) in [6, 6.07) is 4.61. The molecule has 5 heteroatoms. The van der Waals surface area contributed by atoms with Crippen LogP contribution in [0.5, 0.6) is 5.75 Å². The van der Waals surface area contributed by atoms with Crippen LogP contribution >= 0.6 is 11.6 Å². The highest BCUT2D eigenvalue weighted by Gasteiger charge is 2.08. The Balaban J connectivity index is 3.16. The zero-order valence-electron chi connectivity index (χ0n) is 8.37. The molecule has 0 saturated heterocycles. The van der Waals surface area contributed by atoms with Crippen LogP contribution in [0.1, 0.15) is 5.56 Å². The topological polar surface area (TPSA) is 70.2 Å². The number of aromatic nitrogens is 1. The fourth-order valence-electron chi connectivity index (χ4n) is 1.49. The van der Waals surface area contributed by atoms with Crippen molar-refractivity contribution in [1.82, 2.24) is 4.98 Å². The number of hydrogen-bond acceptors (Lipinski definition) is 3. The smallest absolute Gasteiger partial charge is 0.296 e. The second kappa shape index (κ2) is 3.64. The molecule has 1 aromatic carbocycles. The minimum atomic E-state index is -0.773. The lowest BCUT2D eigenvalue weighted by molar-refractivity contribution is 0.477. The molecule has 0 saturated carbocycles. The van der Waals surface area contributed by atoms with Gasteiger partial charge in [0.2, 0.25) is 5.43 Å². The SMILES string of the molecule is Cc1c(O)c2ccc(Cl)cc2[nH]c(=O)c1=O. The fourth-order valence-corrected chi connectivity index (χ4v) is 1.66. The number of fused-ring (bicyclic) bond motifs is 1. The Labute approximate surface area is 95.1 Å². The Kier molecular flexibility index (Phi) is 2.44. The van der Waals surface area contributed by atoms with Crippen molar-refractivity contribution in [2.24, 2.45) is 0 Å². The molecule has 0 atom stereocenters. The molecule has 0 unspecified atom stereocenters. The molecule has 2 rings (SSSR count). The van der Waals surface area contributed by atoms with E-state index in [4.69, 9.17) is 11.6 Å². The summed E-state index contributed by atoms with van der Waals surface area (Å²) in [5, 5.41) is 10.6. The van der Waals surface area contributed by atoms with Gasteiger partial charge in [0.1, 0.15) is 5.75 Å². The Hall–Kier alpha value is -1.81. The molecule has 0 radical (unpaired) electrons. The van der Waals surface area contributed by atoms with E-state index in [1.54, 1.807) is 12.1 Å². The second-order valence-corrected chi connectivity index (χ2v) is 3.88. The number of nitrogens with one attached hydrogen (secondary N) is 1. The fraction of sp³-hybridized carbons (Fsp3) is 0.0909. The largest absolute Gasteiger partial charge is 0.507 e. The summed E-state index contributed by atoms with van der Waals surface area (Å²) < 4.78 is 0. The van der Waals surface area contributed by atoms with Crippen LogP contribution in [0.4, 0.5) is 0 Å². The van der Waals surface area contributed by atoms with Crippen LogP contribution in [-0.4, -0.2) is 10.1 Å². The number of benzene rings is 1. The molecule has 0 bridgehead atoms. The van der Waals surface area contributed by atoms with E-state index in [0.717, 1.165) is 0 Å². The van der Waals surface area contributed by atoms with E-state index >= 15 is 0 Å². The first-order valence-corrected chi connectivity index (χ1v) is 4.94. The molecule has 1 aromatic heterocycles. The van der Waals surface area contributed by atoms with Crippen molar-refractivity contribution in [2.45, 2.75) is 6.92 Å². The molecular formula is C11H8ClNO3. The van der Waals surface area contributed by atoms with Gasteiger partial charge in [-0.3, -0.25) is 9.59 Å². The maximum Gasteiger partial charge on any atom is 0.296 e. The first-order valence-electron chi connectivity index (χ1n) is 4.56. The minimum Gasteiger partial charge on any atom is -0.507 e. The first-order chi connectivity index (χ1) is 7.50. The molecule has 1 heterocycles. The summed E-state index contributed by atoms with van der Waals surface area (Å²) >= 11 is 5.76. The van der Waals surface area contributed by atoms with Crippen molar-refractivity contribution in [3.63, 3.8) is 0 Å². The molecule has 0 spiro atoms. The van der Waals surface area contributed by atoms with E-state index in [1.165, 1.54) is 13.0 Å². The number of H-pyrrole nitrogens is 1. The van der Waals surface area contributed by atoms with Crippen LogP contribution in [0.15, 0.2) is 27.8 Å². The van der Waals surface area contributed by atoms with Crippen molar-refractivity contribution in [2.75, 3.05) is 0 Å². The Morgan fingerprint density at radius 2 is 2.00 bits per heavy atom. The van der Waals surface area contributed by atoms with Gasteiger partial charge in [0, 0.05) is 16.0 Å². The van der Waals surface area contributed by atoms with Gasteiger partial charge in [0.05, 0.1) is 5.52 Å². The zero-order chi connectivity index (χ0) is 11.9. The molecule has 2 N–H and O–H groups in total. The summed E-state index contributed by atoms with van der Waals surface area (Å²) in [5.41, 5.74) is -1.16. The summed E-state index contributed by atoms with van der Waals surface area (Å²) in [7, 11) is 0. The third-order valence-corrected chi connectivity index (χ3v) is 2.62. The quantitative estimate of drug-likeness (QED) is 0.683. The zero-order valence-corrected chi connectivity index (χ0v) is 9.13. The second-order valence-electron chi connectivity index (χ2n) is 3.45. The van der Waals surface area contributed by atoms with E-state index in [1.807, 2.05) is 0 Å². The lowest BCUT2D eigenvalue weighted by Gasteiger charge is -1.97. The average Bonchev–Trinajstić information content (AvgIpc) is 2.32. The average molecular weight is 238 g/mol. The summed E-state index contributed by atoms with van der Waals surface area (Å²) in [6.07, 6.45) is 0. The minimum absolute atomic E-state index is 0.0265. The molecule has 16 heavy (non-hydrogen) atoms. The Morgan fingerprint density at radius 3 is 2.69 bits per heavy atom. The molecule has 82 valence electrons. The predicted octanol–water partition coefficient (Wildman–Crippen LogP) is 1.56. The maximum atomic E-state index is 11.4. The van der Waals surface area contributed by atoms with Crippen LogP contribution in [0.25, 0.3) is 10.9 Å². The predicted molar refractivity (Wildman–Crippen MR) is 62.3 cm³/mol. The summed E-state index contributed by atoms with van der Waals surface area (Å²) in [5.74, 6) is -0.199. The van der Waals surface area contributed by atoms with Crippen LogP contribution in [-0.2, 0) is 0 Å². The Bertz CT molecular complexity index is 691. The van der Waals surface area contributed by atoms with Crippen molar-refractivity contribution in [3.05, 3.63) is 49.4 Å². The van der Waals surface area contributed by atoms with E-state index in [2.05, 4.69) is 4.98 Å². The Morgan fingerprint density at radius 1 is 1.31 bits per heavy atom. The van der Waals surface area contributed by atoms with Crippen LogP contribution in [0.3, 0.4) is 0 Å². The third kappa shape index (κ3) is 1.57. The number of rotatable bonds is 0. The molecule has 2 aromatic rings. The summed E-state index contributed by atoms with van der Waals surface area (Å²) in [6.45, 7) is 1.40. The number of aromatic amines is 1. The van der Waals surface area contributed by atoms with Gasteiger partial charge in [-0.05, 0) is 25.1 Å². The highest BCUT2D eigenvalue weighted by atomic mass is 35.5. The highest BCUT2D eigenvalue weighted by Crippen LogP contribution is 2.24. The van der Waals surface area contributed by atoms with Gasteiger partial charge in [-0.25, -0.2) is 0 Å². The molecule has 0 aliphatic rings. The lowest BCUT2D eigenvalue weighted by Crippen LogP contribution is -2.25. The van der Waals surface area contributed by atoms with E-state index in [0.29, 0.717) is 15.9 Å². The van der Waals surface area contributed by atoms with E-state index in [-0.39, 0.29) is 11.3 Å². The van der Waals surface area contributed by atoms with Gasteiger partial charge in [-0.15, -0.1) is 0 Å². The van der Waals surface area contributed by atoms with Crippen molar-refractivity contribution < 1.29 is 5.11 Å². The molecule has 0 amide bonds. The van der Waals surface area contributed by atoms with Crippen molar-refractivity contribution in [1.29, 1.82) is 0 Å². The molecular weight excluding hydrogens is 230 g/mol. The first kappa shape index (κ1) is 10.7. The standard InChI is InChI=1S/C11H8ClNO3/c1-5-9(14)7-3-2-6(12)4-8(7)13-11(16)10(5)15/h2-4,14H,1H3,(H,13,15,16). The van der Waals surface area contributed by atoms with Gasteiger partial charge in [0.25, 0.3) is 5.56 Å². The van der Waals surface area contributed by atoms with E-state index < -0.39 is 11.0 Å². The molecule has 0 aliphatic carbocycles. The maximum absolute atomic E-state index is 11.4. The normalized spacial score (nSPS) is 10.6. The van der Waals surface area contributed by atoms with Gasteiger partial charge in [0.15, 0.2) is 0 Å². The monoisotopic (exact) mass is 237 g/mol. The van der Waals surface area contributed by atoms with Gasteiger partial charge in [-0.2, -0.15) is 0 Å². The summed E-state index contributed by atoms with van der Waals surface area (Å²) in [4.78, 5) is 25.2. The van der Waals surface area contributed by atoms with Gasteiger partial charge >= 0.3 is 0 Å². The van der Waals surface area contributed by atoms with E-state index in [9.17, 15) is 14.7 Å². The molecule has 0 aliphatic heterocycles. The number of halogens is 1. The number of hydrogen-bond donors (Lipinski definition) is 2.